The van der Waals surface area contributed by atoms with E-state index in [1.54, 1.807) is 30.1 Å². The fraction of sp³-hybridized carbons (Fsp3) is 0.125. The lowest BCUT2D eigenvalue weighted by molar-refractivity contribution is 0.417. The number of nitrogens with zero attached hydrogens (tertiary/aromatic N) is 2. The van der Waals surface area contributed by atoms with Crippen molar-refractivity contribution in [2.45, 2.75) is 0 Å². The van der Waals surface area contributed by atoms with Crippen molar-refractivity contribution >= 4 is 17.1 Å². The third kappa shape index (κ3) is 0.940. The lowest BCUT2D eigenvalue weighted by atomic mass is 10.4. The van der Waals surface area contributed by atoms with Gasteiger partial charge >= 0.3 is 0 Å². The molecule has 2 heterocycles. The van der Waals surface area contributed by atoms with Crippen molar-refractivity contribution in [2.24, 2.45) is 0 Å². The maximum atomic E-state index is 5.89. The molecule has 0 aromatic carbocycles. The summed E-state index contributed by atoms with van der Waals surface area (Å²) in [6, 6.07) is 3.60. The molecule has 0 saturated heterocycles. The first-order valence-electron chi connectivity index (χ1n) is 3.49. The minimum Gasteiger partial charge on any atom is -0.493 e. The van der Waals surface area contributed by atoms with Crippen LogP contribution in [-0.2, 0) is 0 Å². The first-order valence-corrected chi connectivity index (χ1v) is 3.86. The summed E-state index contributed by atoms with van der Waals surface area (Å²) in [5.74, 6) is 0.664. The maximum Gasteiger partial charge on any atom is 0.163 e. The second kappa shape index (κ2) is 2.68. The standard InChI is InChI=1S/C8H7ClN2O/c1-12-8-6(9)3-5-11-7(8)2-4-10-11/h2-5H,1H3. The van der Waals surface area contributed by atoms with Crippen molar-refractivity contribution in [3.8, 4) is 5.75 Å². The molecule has 2 aromatic rings. The molecule has 0 radical (unpaired) electrons. The van der Waals surface area contributed by atoms with Crippen LogP contribution in [0.15, 0.2) is 24.5 Å². The predicted molar refractivity (Wildman–Crippen MR) is 46.8 cm³/mol. The highest BCUT2D eigenvalue weighted by Crippen LogP contribution is 2.28. The topological polar surface area (TPSA) is 26.5 Å². The molecule has 0 N–H and O–H groups in total. The van der Waals surface area contributed by atoms with Crippen molar-refractivity contribution in [1.29, 1.82) is 0 Å². The molecule has 0 fully saturated rings. The molecule has 0 amide bonds. The van der Waals surface area contributed by atoms with E-state index in [9.17, 15) is 0 Å². The Morgan fingerprint density at radius 3 is 3.08 bits per heavy atom. The van der Waals surface area contributed by atoms with E-state index in [4.69, 9.17) is 16.3 Å². The molecule has 4 heteroatoms. The van der Waals surface area contributed by atoms with Crippen LogP contribution in [0.2, 0.25) is 5.02 Å². The van der Waals surface area contributed by atoms with Crippen molar-refractivity contribution in [3.05, 3.63) is 29.5 Å². The highest BCUT2D eigenvalue weighted by molar-refractivity contribution is 6.32. The number of aromatic nitrogens is 2. The fourth-order valence-corrected chi connectivity index (χ4v) is 1.38. The predicted octanol–water partition coefficient (Wildman–Crippen LogP) is 2.00. The van der Waals surface area contributed by atoms with Crippen LogP contribution in [0.3, 0.4) is 0 Å². The summed E-state index contributed by atoms with van der Waals surface area (Å²) >= 11 is 5.89. The average molecular weight is 183 g/mol. The number of fused-ring (bicyclic) bond motifs is 1. The maximum absolute atomic E-state index is 5.89. The number of pyridine rings is 1. The normalized spacial score (nSPS) is 10.5. The first kappa shape index (κ1) is 7.43. The van der Waals surface area contributed by atoms with Crippen molar-refractivity contribution in [2.75, 3.05) is 7.11 Å². The van der Waals surface area contributed by atoms with Crippen molar-refractivity contribution < 1.29 is 4.74 Å². The summed E-state index contributed by atoms with van der Waals surface area (Å²) in [5.41, 5.74) is 0.880. The van der Waals surface area contributed by atoms with Gasteiger partial charge in [0.05, 0.1) is 18.3 Å². The van der Waals surface area contributed by atoms with E-state index in [-0.39, 0.29) is 0 Å². The fourth-order valence-electron chi connectivity index (χ4n) is 1.15. The Morgan fingerprint density at radius 2 is 2.33 bits per heavy atom. The van der Waals surface area contributed by atoms with Crippen LogP contribution in [0.25, 0.3) is 5.52 Å². The SMILES string of the molecule is COc1c(Cl)ccn2nccc12. The van der Waals surface area contributed by atoms with Crippen LogP contribution >= 0.6 is 11.6 Å². The van der Waals surface area contributed by atoms with E-state index >= 15 is 0 Å². The van der Waals surface area contributed by atoms with Crippen LogP contribution in [0, 0.1) is 0 Å². The van der Waals surface area contributed by atoms with Gasteiger partial charge in [0.2, 0.25) is 0 Å². The number of hydrogen-bond acceptors (Lipinski definition) is 2. The molecule has 0 aliphatic heterocycles. The summed E-state index contributed by atoms with van der Waals surface area (Å²) in [6.45, 7) is 0. The zero-order valence-electron chi connectivity index (χ0n) is 6.49. The Bertz CT molecular complexity index is 410. The molecule has 3 nitrogen and oxygen atoms in total. The number of methoxy groups -OCH3 is 1. The molecular weight excluding hydrogens is 176 g/mol. The molecule has 0 atom stereocenters. The number of ether oxygens (including phenoxy) is 1. The van der Waals surface area contributed by atoms with E-state index in [2.05, 4.69) is 5.10 Å². The molecule has 0 spiro atoms. The van der Waals surface area contributed by atoms with Crippen LogP contribution in [-0.4, -0.2) is 16.7 Å². The largest absolute Gasteiger partial charge is 0.493 e. The van der Waals surface area contributed by atoms with Crippen LogP contribution in [0.5, 0.6) is 5.75 Å². The third-order valence-electron chi connectivity index (χ3n) is 1.69. The van der Waals surface area contributed by atoms with Gasteiger partial charge < -0.3 is 4.74 Å². The van der Waals surface area contributed by atoms with Crippen LogP contribution in [0.1, 0.15) is 0 Å². The highest BCUT2D eigenvalue weighted by Gasteiger charge is 2.05. The molecular formula is C8H7ClN2O. The van der Waals surface area contributed by atoms with E-state index in [0.29, 0.717) is 10.8 Å². The number of rotatable bonds is 1. The summed E-state index contributed by atoms with van der Waals surface area (Å²) in [6.07, 6.45) is 3.49. The molecule has 2 aromatic heterocycles. The summed E-state index contributed by atoms with van der Waals surface area (Å²) < 4.78 is 6.84. The molecule has 2 rings (SSSR count). The van der Waals surface area contributed by atoms with Gasteiger partial charge in [-0.3, -0.25) is 0 Å². The van der Waals surface area contributed by atoms with Crippen LogP contribution in [0.4, 0.5) is 0 Å². The molecule has 0 aliphatic carbocycles. The first-order chi connectivity index (χ1) is 5.83. The second-order valence-corrected chi connectivity index (χ2v) is 2.77. The van der Waals surface area contributed by atoms with Crippen molar-refractivity contribution in [1.82, 2.24) is 9.61 Å². The summed E-state index contributed by atoms with van der Waals surface area (Å²) in [4.78, 5) is 0. The zero-order chi connectivity index (χ0) is 8.55. The van der Waals surface area contributed by atoms with Gasteiger partial charge in [-0.05, 0) is 12.1 Å². The lowest BCUT2D eigenvalue weighted by Gasteiger charge is -2.03. The van der Waals surface area contributed by atoms with Gasteiger partial charge in [-0.1, -0.05) is 11.6 Å². The van der Waals surface area contributed by atoms with E-state index in [0.717, 1.165) is 5.52 Å². The molecule has 0 saturated carbocycles. The average Bonchev–Trinajstić information content (AvgIpc) is 2.52. The van der Waals surface area contributed by atoms with E-state index < -0.39 is 0 Å². The minimum atomic E-state index is 0.602. The quantitative estimate of drug-likeness (QED) is 0.675. The lowest BCUT2D eigenvalue weighted by Crippen LogP contribution is -1.91. The third-order valence-corrected chi connectivity index (χ3v) is 1.98. The molecule has 62 valence electrons. The smallest absolute Gasteiger partial charge is 0.163 e. The van der Waals surface area contributed by atoms with Gasteiger partial charge in [0.1, 0.15) is 5.52 Å². The Kier molecular flexibility index (Phi) is 1.66. The van der Waals surface area contributed by atoms with E-state index in [1.165, 1.54) is 0 Å². The minimum absolute atomic E-state index is 0.602. The Morgan fingerprint density at radius 1 is 1.50 bits per heavy atom. The summed E-state index contributed by atoms with van der Waals surface area (Å²) in [5, 5.41) is 4.65. The number of hydrogen-bond donors (Lipinski definition) is 0. The monoisotopic (exact) mass is 182 g/mol. The second-order valence-electron chi connectivity index (χ2n) is 2.36. The highest BCUT2D eigenvalue weighted by atomic mass is 35.5. The zero-order valence-corrected chi connectivity index (χ0v) is 7.25. The van der Waals surface area contributed by atoms with Crippen LogP contribution < -0.4 is 4.74 Å². The van der Waals surface area contributed by atoms with Gasteiger partial charge in [-0.15, -0.1) is 0 Å². The van der Waals surface area contributed by atoms with Gasteiger partial charge in [-0.2, -0.15) is 5.10 Å². The Hall–Kier alpha value is -1.22. The van der Waals surface area contributed by atoms with Gasteiger partial charge in [0, 0.05) is 6.20 Å². The molecule has 0 bridgehead atoms. The molecule has 0 unspecified atom stereocenters. The van der Waals surface area contributed by atoms with Gasteiger partial charge in [-0.25, -0.2) is 4.52 Å². The Labute approximate surface area is 74.5 Å². The van der Waals surface area contributed by atoms with Crippen molar-refractivity contribution in [3.63, 3.8) is 0 Å². The molecule has 12 heavy (non-hydrogen) atoms. The Balaban J connectivity index is 2.83. The summed E-state index contributed by atoms with van der Waals surface area (Å²) in [7, 11) is 1.59. The van der Waals surface area contributed by atoms with Gasteiger partial charge in [0.25, 0.3) is 0 Å². The molecule has 0 aliphatic rings. The van der Waals surface area contributed by atoms with E-state index in [1.807, 2.05) is 6.07 Å². The van der Waals surface area contributed by atoms with Gasteiger partial charge in [0.15, 0.2) is 5.75 Å². The number of halogens is 1.